The molecular weight excluding hydrogens is 357 g/mol. The lowest BCUT2D eigenvalue weighted by Gasteiger charge is -2.14. The second-order valence-electron chi connectivity index (χ2n) is 5.65. The topological polar surface area (TPSA) is 83.0 Å². The maximum Gasteiger partial charge on any atom is 0.225 e. The van der Waals surface area contributed by atoms with E-state index < -0.39 is 5.82 Å². The Balaban J connectivity index is 2.00. The number of aromatic nitrogens is 3. The summed E-state index contributed by atoms with van der Waals surface area (Å²) in [5.74, 6) is 0.208. The van der Waals surface area contributed by atoms with Crippen molar-refractivity contribution in [2.75, 3.05) is 17.2 Å². The van der Waals surface area contributed by atoms with Gasteiger partial charge in [-0.3, -0.25) is 4.98 Å². The molecule has 3 aromatic rings. The molecule has 2 heterocycles. The van der Waals surface area contributed by atoms with E-state index in [0.29, 0.717) is 28.2 Å². The molecule has 0 aliphatic rings. The first-order valence-electron chi connectivity index (χ1n) is 7.95. The van der Waals surface area contributed by atoms with Crippen LogP contribution in [0, 0.1) is 5.82 Å². The molecular formula is C18H17ClFN5O. The molecule has 0 unspecified atom stereocenters. The summed E-state index contributed by atoms with van der Waals surface area (Å²) >= 11 is 5.94. The quantitative estimate of drug-likeness (QED) is 0.608. The van der Waals surface area contributed by atoms with Crippen molar-refractivity contribution in [1.29, 1.82) is 0 Å². The first-order chi connectivity index (χ1) is 12.5. The smallest absolute Gasteiger partial charge is 0.225 e. The standard InChI is InChI=1S/C18H17ClFN5O/c1-11(10-26)22-18-24-16(14-4-2-3-7-21-14)9-17(25-18)23-15-8-12(19)5-6-13(15)20/h2-9,11,26H,10H2,1H3,(H2,22,23,24,25)/t11-/m1/s1. The molecule has 0 radical (unpaired) electrons. The van der Waals surface area contributed by atoms with E-state index in [1.54, 1.807) is 25.3 Å². The molecule has 0 saturated carbocycles. The van der Waals surface area contributed by atoms with Crippen LogP contribution in [0.25, 0.3) is 11.4 Å². The second kappa shape index (κ2) is 8.07. The number of pyridine rings is 1. The number of nitrogens with zero attached hydrogens (tertiary/aromatic N) is 3. The third-order valence-corrected chi connectivity index (χ3v) is 3.73. The van der Waals surface area contributed by atoms with Crippen LogP contribution in [-0.2, 0) is 0 Å². The molecule has 6 nitrogen and oxygen atoms in total. The highest BCUT2D eigenvalue weighted by molar-refractivity contribution is 6.30. The Bertz CT molecular complexity index is 894. The number of anilines is 3. The lowest BCUT2D eigenvalue weighted by atomic mass is 10.2. The van der Waals surface area contributed by atoms with Gasteiger partial charge in [0.05, 0.1) is 23.7 Å². The van der Waals surface area contributed by atoms with Gasteiger partial charge in [-0.2, -0.15) is 4.98 Å². The van der Waals surface area contributed by atoms with Gasteiger partial charge in [-0.05, 0) is 37.3 Å². The summed E-state index contributed by atoms with van der Waals surface area (Å²) in [6.07, 6.45) is 1.66. The van der Waals surface area contributed by atoms with E-state index in [1.165, 1.54) is 18.2 Å². The van der Waals surface area contributed by atoms with Crippen molar-refractivity contribution >= 4 is 29.1 Å². The average Bonchev–Trinajstić information content (AvgIpc) is 2.65. The van der Waals surface area contributed by atoms with Crippen molar-refractivity contribution < 1.29 is 9.50 Å². The number of halogens is 2. The van der Waals surface area contributed by atoms with Crippen LogP contribution in [0.1, 0.15) is 6.92 Å². The maximum absolute atomic E-state index is 14.0. The number of hydrogen-bond donors (Lipinski definition) is 3. The number of rotatable bonds is 6. The molecule has 0 aliphatic heterocycles. The number of aliphatic hydroxyl groups is 1. The van der Waals surface area contributed by atoms with E-state index in [2.05, 4.69) is 25.6 Å². The summed E-state index contributed by atoms with van der Waals surface area (Å²) in [7, 11) is 0. The molecule has 2 aromatic heterocycles. The van der Waals surface area contributed by atoms with Gasteiger partial charge in [-0.25, -0.2) is 9.37 Å². The number of aliphatic hydroxyl groups excluding tert-OH is 1. The zero-order valence-corrected chi connectivity index (χ0v) is 14.7. The number of hydrogen-bond acceptors (Lipinski definition) is 6. The Morgan fingerprint density at radius 2 is 2.00 bits per heavy atom. The van der Waals surface area contributed by atoms with Crippen molar-refractivity contribution in [2.24, 2.45) is 0 Å². The van der Waals surface area contributed by atoms with E-state index in [4.69, 9.17) is 11.6 Å². The van der Waals surface area contributed by atoms with E-state index in [0.717, 1.165) is 0 Å². The Morgan fingerprint density at radius 1 is 1.15 bits per heavy atom. The van der Waals surface area contributed by atoms with Crippen molar-refractivity contribution in [2.45, 2.75) is 13.0 Å². The van der Waals surface area contributed by atoms with Crippen molar-refractivity contribution in [3.63, 3.8) is 0 Å². The van der Waals surface area contributed by atoms with Gasteiger partial charge in [0.25, 0.3) is 0 Å². The predicted molar refractivity (Wildman–Crippen MR) is 100 cm³/mol. The van der Waals surface area contributed by atoms with Crippen molar-refractivity contribution in [3.05, 3.63) is 59.5 Å². The van der Waals surface area contributed by atoms with Gasteiger partial charge >= 0.3 is 0 Å². The summed E-state index contributed by atoms with van der Waals surface area (Å²) in [5.41, 5.74) is 1.40. The molecule has 1 atom stereocenters. The van der Waals surface area contributed by atoms with Gasteiger partial charge in [0.15, 0.2) is 0 Å². The normalized spacial score (nSPS) is 11.8. The van der Waals surface area contributed by atoms with Crippen LogP contribution >= 0.6 is 11.6 Å². The highest BCUT2D eigenvalue weighted by Gasteiger charge is 2.11. The first kappa shape index (κ1) is 18.0. The highest BCUT2D eigenvalue weighted by Crippen LogP contribution is 2.26. The molecule has 3 rings (SSSR count). The summed E-state index contributed by atoms with van der Waals surface area (Å²) in [5, 5.41) is 15.6. The van der Waals surface area contributed by atoms with E-state index in [9.17, 15) is 9.50 Å². The molecule has 0 fully saturated rings. The maximum atomic E-state index is 14.0. The Labute approximate surface area is 155 Å². The molecule has 134 valence electrons. The van der Waals surface area contributed by atoms with Crippen LogP contribution in [0.4, 0.5) is 21.8 Å². The summed E-state index contributed by atoms with van der Waals surface area (Å²) in [6.45, 7) is 1.71. The van der Waals surface area contributed by atoms with E-state index >= 15 is 0 Å². The molecule has 0 saturated heterocycles. The Hall–Kier alpha value is -2.77. The number of nitrogens with one attached hydrogen (secondary N) is 2. The summed E-state index contributed by atoms with van der Waals surface area (Å²) in [4.78, 5) is 13.0. The van der Waals surface area contributed by atoms with Crippen LogP contribution < -0.4 is 10.6 Å². The predicted octanol–water partition coefficient (Wildman–Crippen LogP) is 3.87. The third kappa shape index (κ3) is 4.44. The zero-order valence-electron chi connectivity index (χ0n) is 13.9. The molecule has 8 heteroatoms. The van der Waals surface area contributed by atoms with Crippen LogP contribution in [0.15, 0.2) is 48.7 Å². The van der Waals surface area contributed by atoms with Crippen LogP contribution in [-0.4, -0.2) is 32.7 Å². The first-order valence-corrected chi connectivity index (χ1v) is 8.33. The lowest BCUT2D eigenvalue weighted by molar-refractivity contribution is 0.281. The SMILES string of the molecule is C[C@H](CO)Nc1nc(Nc2cc(Cl)ccc2F)cc(-c2ccccn2)n1. The minimum absolute atomic E-state index is 0.0805. The summed E-state index contributed by atoms with van der Waals surface area (Å²) < 4.78 is 14.0. The number of benzene rings is 1. The van der Waals surface area contributed by atoms with Gasteiger partial charge in [-0.1, -0.05) is 17.7 Å². The Morgan fingerprint density at radius 3 is 2.73 bits per heavy atom. The molecule has 3 N–H and O–H groups in total. The second-order valence-corrected chi connectivity index (χ2v) is 6.09. The molecule has 0 bridgehead atoms. The van der Waals surface area contributed by atoms with Gasteiger partial charge in [-0.15, -0.1) is 0 Å². The fourth-order valence-corrected chi connectivity index (χ4v) is 2.39. The molecule has 26 heavy (non-hydrogen) atoms. The molecule has 0 amide bonds. The monoisotopic (exact) mass is 373 g/mol. The van der Waals surface area contributed by atoms with Gasteiger partial charge in [0, 0.05) is 23.3 Å². The summed E-state index contributed by atoms with van der Waals surface area (Å²) in [6, 6.07) is 11.1. The van der Waals surface area contributed by atoms with Crippen molar-refractivity contribution in [1.82, 2.24) is 15.0 Å². The molecule has 0 spiro atoms. The van der Waals surface area contributed by atoms with Crippen LogP contribution in [0.5, 0.6) is 0 Å². The van der Waals surface area contributed by atoms with E-state index in [-0.39, 0.29) is 18.3 Å². The lowest BCUT2D eigenvalue weighted by Crippen LogP contribution is -2.21. The Kier molecular flexibility index (Phi) is 5.60. The van der Waals surface area contributed by atoms with Crippen molar-refractivity contribution in [3.8, 4) is 11.4 Å². The van der Waals surface area contributed by atoms with Crippen LogP contribution in [0.2, 0.25) is 5.02 Å². The third-order valence-electron chi connectivity index (χ3n) is 3.49. The van der Waals surface area contributed by atoms with E-state index in [1.807, 2.05) is 12.1 Å². The molecule has 1 aromatic carbocycles. The average molecular weight is 374 g/mol. The minimum Gasteiger partial charge on any atom is -0.394 e. The van der Waals surface area contributed by atoms with Gasteiger partial charge < -0.3 is 15.7 Å². The fourth-order valence-electron chi connectivity index (χ4n) is 2.22. The largest absolute Gasteiger partial charge is 0.394 e. The fraction of sp³-hybridized carbons (Fsp3) is 0.167. The van der Waals surface area contributed by atoms with Gasteiger partial charge in [0.2, 0.25) is 5.95 Å². The molecule has 0 aliphatic carbocycles. The minimum atomic E-state index is -0.453. The van der Waals surface area contributed by atoms with Gasteiger partial charge in [0.1, 0.15) is 11.6 Å². The van der Waals surface area contributed by atoms with Crippen LogP contribution in [0.3, 0.4) is 0 Å². The highest BCUT2D eigenvalue weighted by atomic mass is 35.5. The zero-order chi connectivity index (χ0) is 18.5.